The molecule has 1 amide bonds. The molecule has 1 saturated heterocycles. The smallest absolute Gasteiger partial charge is 0.251 e. The van der Waals surface area contributed by atoms with Gasteiger partial charge in [0, 0.05) is 25.2 Å². The largest absolute Gasteiger partial charge is 0.494 e. The summed E-state index contributed by atoms with van der Waals surface area (Å²) < 4.78 is 7.52. The molecule has 0 atom stereocenters. The van der Waals surface area contributed by atoms with Gasteiger partial charge in [-0.15, -0.1) is 0 Å². The fraction of sp³-hybridized carbons (Fsp3) is 0.500. The van der Waals surface area contributed by atoms with Gasteiger partial charge in [-0.1, -0.05) is 25.1 Å². The average Bonchev–Trinajstić information content (AvgIpc) is 3.27. The molecule has 3 aromatic rings. The molecular weight excluding hydrogens is 436 g/mol. The summed E-state index contributed by atoms with van der Waals surface area (Å²) in [6.07, 6.45) is 9.60. The van der Waals surface area contributed by atoms with Crippen molar-refractivity contribution in [2.75, 3.05) is 37.4 Å². The highest BCUT2D eigenvalue weighted by Crippen LogP contribution is 2.28. The zero-order valence-corrected chi connectivity index (χ0v) is 20.2. The van der Waals surface area contributed by atoms with Crippen molar-refractivity contribution in [2.45, 2.75) is 50.7 Å². The predicted octanol–water partition coefficient (Wildman–Crippen LogP) is 4.15. The molecule has 0 spiro atoms. The Balaban J connectivity index is 1.39. The molecule has 2 aromatic heterocycles. The maximum Gasteiger partial charge on any atom is 0.251 e. The number of hydrogen-bond donors (Lipinski definition) is 1. The number of unbranched alkanes of at least 4 members (excludes halogenated alkanes) is 1. The molecular formula is C24H32N6O2S. The van der Waals surface area contributed by atoms with Crippen LogP contribution in [0, 0.1) is 0 Å². The molecule has 4 rings (SSSR count). The van der Waals surface area contributed by atoms with Crippen LogP contribution in [0.5, 0.6) is 5.75 Å². The number of carbonyl (C=O) groups excluding carboxylic acids is 1. The highest BCUT2D eigenvalue weighted by Gasteiger charge is 2.19. The Labute approximate surface area is 199 Å². The Kier molecular flexibility index (Phi) is 8.04. The van der Waals surface area contributed by atoms with E-state index in [2.05, 4.69) is 22.2 Å². The van der Waals surface area contributed by atoms with Crippen molar-refractivity contribution in [3.05, 3.63) is 36.0 Å². The normalized spacial score (nSPS) is 13.9. The lowest BCUT2D eigenvalue weighted by Gasteiger charge is -2.28. The van der Waals surface area contributed by atoms with Crippen molar-refractivity contribution in [2.24, 2.45) is 0 Å². The minimum absolute atomic E-state index is 0.111. The first kappa shape index (κ1) is 23.4. The molecule has 3 heterocycles. The molecule has 1 fully saturated rings. The lowest BCUT2D eigenvalue weighted by atomic mass is 10.1. The SMILES string of the molecule is CCCCOc1ccc(C(=O)NCCn2ncc3c(N4CCCCC4)nc(SC)nc32)cc1. The molecule has 0 saturated carbocycles. The van der Waals surface area contributed by atoms with Crippen LogP contribution in [0.15, 0.2) is 35.6 Å². The molecule has 9 heteroatoms. The van der Waals surface area contributed by atoms with Crippen LogP contribution in [0.2, 0.25) is 0 Å². The number of amides is 1. The topological polar surface area (TPSA) is 85.2 Å². The number of rotatable bonds is 10. The standard InChI is InChI=1S/C24H32N6O2S/c1-3-4-16-32-19-10-8-18(9-11-19)23(31)25-12-15-30-22-20(17-26-30)21(27-24(28-22)33-2)29-13-6-5-7-14-29/h8-11,17H,3-7,12-16H2,1-2H3,(H,25,31). The number of fused-ring (bicyclic) bond motifs is 1. The number of anilines is 1. The van der Waals surface area contributed by atoms with Crippen LogP contribution >= 0.6 is 11.8 Å². The molecule has 1 aliphatic heterocycles. The number of piperidine rings is 1. The Morgan fingerprint density at radius 2 is 1.94 bits per heavy atom. The van der Waals surface area contributed by atoms with Gasteiger partial charge in [0.2, 0.25) is 0 Å². The first-order chi connectivity index (χ1) is 16.2. The molecule has 176 valence electrons. The molecule has 1 aromatic carbocycles. The van der Waals surface area contributed by atoms with Gasteiger partial charge in [-0.3, -0.25) is 4.79 Å². The van der Waals surface area contributed by atoms with E-state index in [4.69, 9.17) is 14.7 Å². The van der Waals surface area contributed by atoms with E-state index in [9.17, 15) is 4.79 Å². The van der Waals surface area contributed by atoms with Crippen LogP contribution < -0.4 is 15.0 Å². The quantitative estimate of drug-likeness (QED) is 0.272. The van der Waals surface area contributed by atoms with Gasteiger partial charge in [0.15, 0.2) is 10.8 Å². The minimum Gasteiger partial charge on any atom is -0.494 e. The summed E-state index contributed by atoms with van der Waals surface area (Å²) in [5.41, 5.74) is 1.43. The number of ether oxygens (including phenoxy) is 1. The van der Waals surface area contributed by atoms with Crippen molar-refractivity contribution < 1.29 is 9.53 Å². The lowest BCUT2D eigenvalue weighted by Crippen LogP contribution is -2.30. The van der Waals surface area contributed by atoms with E-state index in [0.717, 1.165) is 53.7 Å². The summed E-state index contributed by atoms with van der Waals surface area (Å²) in [5.74, 6) is 1.65. The van der Waals surface area contributed by atoms with E-state index in [-0.39, 0.29) is 5.91 Å². The third kappa shape index (κ3) is 5.76. The molecule has 0 bridgehead atoms. The minimum atomic E-state index is -0.111. The lowest BCUT2D eigenvalue weighted by molar-refractivity contribution is 0.0952. The zero-order chi connectivity index (χ0) is 23.0. The van der Waals surface area contributed by atoms with Crippen molar-refractivity contribution in [1.82, 2.24) is 25.1 Å². The van der Waals surface area contributed by atoms with E-state index in [1.54, 1.807) is 12.1 Å². The van der Waals surface area contributed by atoms with Gasteiger partial charge in [-0.2, -0.15) is 5.10 Å². The number of aromatic nitrogens is 4. The second-order valence-corrected chi connectivity index (χ2v) is 8.94. The van der Waals surface area contributed by atoms with E-state index in [0.29, 0.717) is 25.3 Å². The molecule has 0 aliphatic carbocycles. The monoisotopic (exact) mass is 468 g/mol. The number of nitrogens with one attached hydrogen (secondary N) is 1. The maximum atomic E-state index is 12.6. The van der Waals surface area contributed by atoms with Gasteiger partial charge in [0.25, 0.3) is 5.91 Å². The van der Waals surface area contributed by atoms with Crippen LogP contribution in [0.1, 0.15) is 49.4 Å². The third-order valence-electron chi connectivity index (χ3n) is 5.79. The highest BCUT2D eigenvalue weighted by molar-refractivity contribution is 7.98. The summed E-state index contributed by atoms with van der Waals surface area (Å²) in [5, 5.41) is 9.25. The van der Waals surface area contributed by atoms with Crippen molar-refractivity contribution in [3.63, 3.8) is 0 Å². The summed E-state index contributed by atoms with van der Waals surface area (Å²) in [6, 6.07) is 7.27. The second kappa shape index (κ2) is 11.4. The Morgan fingerprint density at radius 3 is 2.67 bits per heavy atom. The van der Waals surface area contributed by atoms with Crippen molar-refractivity contribution in [1.29, 1.82) is 0 Å². The van der Waals surface area contributed by atoms with E-state index >= 15 is 0 Å². The molecule has 1 N–H and O–H groups in total. The Bertz CT molecular complexity index is 1060. The van der Waals surface area contributed by atoms with Gasteiger partial charge in [0.1, 0.15) is 11.6 Å². The number of nitrogens with zero attached hydrogens (tertiary/aromatic N) is 5. The van der Waals surface area contributed by atoms with Crippen molar-refractivity contribution in [3.8, 4) is 5.75 Å². The summed E-state index contributed by atoms with van der Waals surface area (Å²) >= 11 is 1.54. The van der Waals surface area contributed by atoms with E-state index < -0.39 is 0 Å². The molecule has 8 nitrogen and oxygen atoms in total. The maximum absolute atomic E-state index is 12.6. The van der Waals surface area contributed by atoms with E-state index in [1.165, 1.54) is 31.0 Å². The summed E-state index contributed by atoms with van der Waals surface area (Å²) in [6.45, 7) is 5.86. The molecule has 0 unspecified atom stereocenters. The molecule has 1 aliphatic rings. The number of carbonyl (C=O) groups is 1. The highest BCUT2D eigenvalue weighted by atomic mass is 32.2. The first-order valence-corrected chi connectivity index (χ1v) is 13.0. The van der Waals surface area contributed by atoms with Crippen LogP contribution in [-0.2, 0) is 6.54 Å². The average molecular weight is 469 g/mol. The summed E-state index contributed by atoms with van der Waals surface area (Å²) in [4.78, 5) is 24.4. The molecule has 33 heavy (non-hydrogen) atoms. The van der Waals surface area contributed by atoms with Gasteiger partial charge < -0.3 is 15.0 Å². The molecule has 0 radical (unpaired) electrons. The number of hydrogen-bond acceptors (Lipinski definition) is 7. The number of thioether (sulfide) groups is 1. The van der Waals surface area contributed by atoms with Crippen LogP contribution in [0.3, 0.4) is 0 Å². The van der Waals surface area contributed by atoms with Gasteiger partial charge in [0.05, 0.1) is 24.7 Å². The van der Waals surface area contributed by atoms with Crippen LogP contribution in [-0.4, -0.2) is 58.2 Å². The third-order valence-corrected chi connectivity index (χ3v) is 6.33. The Morgan fingerprint density at radius 1 is 1.15 bits per heavy atom. The van der Waals surface area contributed by atoms with Gasteiger partial charge in [-0.05, 0) is 56.2 Å². The second-order valence-electron chi connectivity index (χ2n) is 8.17. The summed E-state index contributed by atoms with van der Waals surface area (Å²) in [7, 11) is 0. The Hall–Kier alpha value is -2.81. The zero-order valence-electron chi connectivity index (χ0n) is 19.4. The fourth-order valence-electron chi connectivity index (χ4n) is 3.94. The van der Waals surface area contributed by atoms with Crippen LogP contribution in [0.4, 0.5) is 5.82 Å². The first-order valence-electron chi connectivity index (χ1n) is 11.7. The number of benzene rings is 1. The van der Waals surface area contributed by atoms with Crippen molar-refractivity contribution >= 4 is 34.5 Å². The van der Waals surface area contributed by atoms with E-state index in [1.807, 2.05) is 29.3 Å². The predicted molar refractivity (Wildman–Crippen MR) is 132 cm³/mol. The fourth-order valence-corrected chi connectivity index (χ4v) is 4.29. The van der Waals surface area contributed by atoms with Gasteiger partial charge >= 0.3 is 0 Å². The van der Waals surface area contributed by atoms with Gasteiger partial charge in [-0.25, -0.2) is 14.6 Å². The van der Waals surface area contributed by atoms with Crippen LogP contribution in [0.25, 0.3) is 11.0 Å².